The third-order valence-corrected chi connectivity index (χ3v) is 3.71. The topological polar surface area (TPSA) is 55.4 Å². The predicted octanol–water partition coefficient (Wildman–Crippen LogP) is 4.37. The van der Waals surface area contributed by atoms with E-state index in [-0.39, 0.29) is 11.9 Å². The molecule has 0 unspecified atom stereocenters. The first-order chi connectivity index (χ1) is 10.7. The van der Waals surface area contributed by atoms with Crippen molar-refractivity contribution in [3.05, 3.63) is 0 Å². The molecule has 4 heteroatoms. The van der Waals surface area contributed by atoms with E-state index in [0.29, 0.717) is 19.4 Å². The van der Waals surface area contributed by atoms with Crippen molar-refractivity contribution in [3.63, 3.8) is 0 Å². The van der Waals surface area contributed by atoms with Crippen molar-refractivity contribution in [1.29, 1.82) is 0 Å². The molecule has 0 heterocycles. The van der Waals surface area contributed by atoms with Crippen LogP contribution in [0.2, 0.25) is 0 Å². The maximum Gasteiger partial charge on any atom is 0.302 e. The Balaban J connectivity index is 3.15. The molecule has 0 saturated heterocycles. The van der Waals surface area contributed by atoms with Crippen molar-refractivity contribution in [1.82, 2.24) is 5.32 Å². The third kappa shape index (κ3) is 17.0. The Morgan fingerprint density at radius 2 is 1.36 bits per heavy atom. The number of rotatable bonds is 15. The van der Waals surface area contributed by atoms with Gasteiger partial charge in [0.2, 0.25) is 5.91 Å². The number of carbonyl (C=O) groups excluding carboxylic acids is 2. The Morgan fingerprint density at radius 3 is 1.91 bits per heavy atom. The van der Waals surface area contributed by atoms with E-state index in [1.54, 1.807) is 0 Å². The number of hydrogen-bond donors (Lipinski definition) is 1. The molecule has 0 aromatic rings. The molecule has 0 aliphatic heterocycles. The fraction of sp³-hybridized carbons (Fsp3) is 0.889. The molecule has 130 valence electrons. The van der Waals surface area contributed by atoms with Gasteiger partial charge in [-0.15, -0.1) is 0 Å². The molecule has 0 radical (unpaired) electrons. The van der Waals surface area contributed by atoms with Gasteiger partial charge in [-0.05, 0) is 12.8 Å². The highest BCUT2D eigenvalue weighted by molar-refractivity contribution is 5.75. The zero-order chi connectivity index (χ0) is 16.5. The van der Waals surface area contributed by atoms with Gasteiger partial charge in [-0.25, -0.2) is 0 Å². The molecule has 0 aliphatic carbocycles. The summed E-state index contributed by atoms with van der Waals surface area (Å²) in [6.07, 6.45) is 14.1. The second-order valence-electron chi connectivity index (χ2n) is 5.98. The molecule has 0 spiro atoms. The minimum absolute atomic E-state index is 0.0584. The van der Waals surface area contributed by atoms with Gasteiger partial charge in [-0.1, -0.05) is 64.7 Å². The van der Waals surface area contributed by atoms with Crippen LogP contribution in [0, 0.1) is 0 Å². The van der Waals surface area contributed by atoms with Crippen LogP contribution in [0.3, 0.4) is 0 Å². The molecule has 0 bridgehead atoms. The Kier molecular flexibility index (Phi) is 15.5. The van der Waals surface area contributed by atoms with Crippen molar-refractivity contribution < 1.29 is 14.3 Å². The lowest BCUT2D eigenvalue weighted by Gasteiger charge is -2.06. The number of carbonyl (C=O) groups is 2. The number of ether oxygens (including phenoxy) is 1. The minimum Gasteiger partial charge on any atom is -0.466 e. The second kappa shape index (κ2) is 16.3. The van der Waals surface area contributed by atoms with Crippen LogP contribution in [0.4, 0.5) is 0 Å². The van der Waals surface area contributed by atoms with Crippen molar-refractivity contribution in [3.8, 4) is 0 Å². The van der Waals surface area contributed by atoms with Gasteiger partial charge in [0.1, 0.15) is 0 Å². The largest absolute Gasteiger partial charge is 0.466 e. The molecule has 1 N–H and O–H groups in total. The van der Waals surface area contributed by atoms with Crippen LogP contribution < -0.4 is 5.32 Å². The first kappa shape index (κ1) is 20.9. The van der Waals surface area contributed by atoms with Crippen molar-refractivity contribution in [2.45, 2.75) is 90.9 Å². The average molecular weight is 313 g/mol. The molecule has 0 rings (SSSR count). The van der Waals surface area contributed by atoms with Crippen molar-refractivity contribution in [2.24, 2.45) is 0 Å². The highest BCUT2D eigenvalue weighted by atomic mass is 16.5. The standard InChI is InChI=1S/C18H35NO3/c1-3-4-5-6-7-8-9-10-11-12-15-19-18(21)14-13-16-22-17(2)20/h3-16H2,1-2H3,(H,19,21). The monoisotopic (exact) mass is 313 g/mol. The Hall–Kier alpha value is -1.06. The first-order valence-corrected chi connectivity index (χ1v) is 9.07. The Labute approximate surface area is 136 Å². The summed E-state index contributed by atoms with van der Waals surface area (Å²) in [4.78, 5) is 22.0. The van der Waals surface area contributed by atoms with Gasteiger partial charge < -0.3 is 10.1 Å². The van der Waals surface area contributed by atoms with Gasteiger partial charge in [-0.2, -0.15) is 0 Å². The zero-order valence-corrected chi connectivity index (χ0v) is 14.6. The minimum atomic E-state index is -0.286. The van der Waals surface area contributed by atoms with Crippen LogP contribution in [-0.4, -0.2) is 25.0 Å². The van der Waals surface area contributed by atoms with Crippen LogP contribution in [0.25, 0.3) is 0 Å². The molecule has 0 aliphatic rings. The van der Waals surface area contributed by atoms with Crippen LogP contribution in [0.15, 0.2) is 0 Å². The molecule has 0 aromatic carbocycles. The molecule has 0 aromatic heterocycles. The van der Waals surface area contributed by atoms with Crippen LogP contribution >= 0.6 is 0 Å². The summed E-state index contributed by atoms with van der Waals surface area (Å²) in [7, 11) is 0. The van der Waals surface area contributed by atoms with Gasteiger partial charge in [-0.3, -0.25) is 9.59 Å². The molecule has 0 saturated carbocycles. The van der Waals surface area contributed by atoms with E-state index in [0.717, 1.165) is 13.0 Å². The average Bonchev–Trinajstić information content (AvgIpc) is 2.49. The summed E-state index contributed by atoms with van der Waals surface area (Å²) in [5.41, 5.74) is 0. The summed E-state index contributed by atoms with van der Waals surface area (Å²) < 4.78 is 4.78. The second-order valence-corrected chi connectivity index (χ2v) is 5.98. The lowest BCUT2D eigenvalue weighted by molar-refractivity contribution is -0.141. The van der Waals surface area contributed by atoms with Gasteiger partial charge in [0, 0.05) is 19.9 Å². The number of amides is 1. The summed E-state index contributed by atoms with van der Waals surface area (Å²) in [5.74, 6) is -0.228. The molecule has 4 nitrogen and oxygen atoms in total. The van der Waals surface area contributed by atoms with E-state index in [9.17, 15) is 9.59 Å². The maximum absolute atomic E-state index is 11.5. The number of unbranched alkanes of at least 4 members (excludes halogenated alkanes) is 9. The smallest absolute Gasteiger partial charge is 0.302 e. The van der Waals surface area contributed by atoms with E-state index < -0.39 is 0 Å². The first-order valence-electron chi connectivity index (χ1n) is 9.07. The zero-order valence-electron chi connectivity index (χ0n) is 14.6. The molecule has 0 fully saturated rings. The summed E-state index contributed by atoms with van der Waals surface area (Å²) >= 11 is 0. The molecule has 1 amide bonds. The lowest BCUT2D eigenvalue weighted by atomic mass is 10.1. The van der Waals surface area contributed by atoms with E-state index >= 15 is 0 Å². The van der Waals surface area contributed by atoms with Gasteiger partial charge >= 0.3 is 5.97 Å². The van der Waals surface area contributed by atoms with E-state index in [1.165, 1.54) is 64.7 Å². The molecule has 0 atom stereocenters. The lowest BCUT2D eigenvalue weighted by Crippen LogP contribution is -2.24. The summed E-state index contributed by atoms with van der Waals surface area (Å²) in [5, 5.41) is 2.92. The highest BCUT2D eigenvalue weighted by Crippen LogP contribution is 2.10. The molecular formula is C18H35NO3. The fourth-order valence-corrected chi connectivity index (χ4v) is 2.38. The third-order valence-electron chi connectivity index (χ3n) is 3.71. The highest BCUT2D eigenvalue weighted by Gasteiger charge is 2.01. The number of nitrogens with one attached hydrogen (secondary N) is 1. The normalized spacial score (nSPS) is 10.5. The van der Waals surface area contributed by atoms with Crippen molar-refractivity contribution in [2.75, 3.05) is 13.2 Å². The van der Waals surface area contributed by atoms with Crippen LogP contribution in [-0.2, 0) is 14.3 Å². The Morgan fingerprint density at radius 1 is 0.818 bits per heavy atom. The molecular weight excluding hydrogens is 278 g/mol. The summed E-state index contributed by atoms with van der Waals surface area (Å²) in [6, 6.07) is 0. The number of hydrogen-bond acceptors (Lipinski definition) is 3. The Bertz CT molecular complexity index is 280. The van der Waals surface area contributed by atoms with E-state index in [4.69, 9.17) is 4.74 Å². The fourth-order valence-electron chi connectivity index (χ4n) is 2.38. The van der Waals surface area contributed by atoms with Gasteiger partial charge in [0.15, 0.2) is 0 Å². The SMILES string of the molecule is CCCCCCCCCCCCNC(=O)CCCOC(C)=O. The van der Waals surface area contributed by atoms with Gasteiger partial charge in [0.05, 0.1) is 6.61 Å². The van der Waals surface area contributed by atoms with Crippen LogP contribution in [0.5, 0.6) is 0 Å². The van der Waals surface area contributed by atoms with E-state index in [2.05, 4.69) is 12.2 Å². The quantitative estimate of drug-likeness (QED) is 0.361. The van der Waals surface area contributed by atoms with E-state index in [1.807, 2.05) is 0 Å². The maximum atomic E-state index is 11.5. The van der Waals surface area contributed by atoms with Crippen LogP contribution in [0.1, 0.15) is 90.9 Å². The molecule has 22 heavy (non-hydrogen) atoms. The number of esters is 1. The predicted molar refractivity (Wildman–Crippen MR) is 90.7 cm³/mol. The van der Waals surface area contributed by atoms with Gasteiger partial charge in [0.25, 0.3) is 0 Å². The summed E-state index contributed by atoms with van der Waals surface area (Å²) in [6.45, 7) is 4.73. The van der Waals surface area contributed by atoms with Crippen molar-refractivity contribution >= 4 is 11.9 Å².